The summed E-state index contributed by atoms with van der Waals surface area (Å²) in [6.07, 6.45) is 4.35. The van der Waals surface area contributed by atoms with Crippen LogP contribution >= 0.6 is 11.8 Å². The molecule has 24 heavy (non-hydrogen) atoms. The Kier molecular flexibility index (Phi) is 7.72. The number of guanidine groups is 1. The third-order valence-electron chi connectivity index (χ3n) is 4.42. The number of nitrogens with one attached hydrogen (secondary N) is 1. The van der Waals surface area contributed by atoms with E-state index >= 15 is 0 Å². The van der Waals surface area contributed by atoms with E-state index in [4.69, 9.17) is 9.47 Å². The molecule has 134 valence electrons. The van der Waals surface area contributed by atoms with Crippen molar-refractivity contribution in [1.82, 2.24) is 10.2 Å². The van der Waals surface area contributed by atoms with Crippen molar-refractivity contribution < 1.29 is 9.47 Å². The molecule has 5 nitrogen and oxygen atoms in total. The minimum Gasteiger partial charge on any atom is -0.492 e. The van der Waals surface area contributed by atoms with Crippen molar-refractivity contribution in [2.75, 3.05) is 53.3 Å². The van der Waals surface area contributed by atoms with E-state index in [2.05, 4.69) is 21.5 Å². The average molecular weight is 352 g/mol. The maximum atomic E-state index is 5.76. The molecule has 1 aromatic rings. The zero-order chi connectivity index (χ0) is 17.3. The van der Waals surface area contributed by atoms with Gasteiger partial charge < -0.3 is 19.7 Å². The number of hydrogen-bond donors (Lipinski definition) is 1. The fourth-order valence-electron chi connectivity index (χ4n) is 2.74. The first-order chi connectivity index (χ1) is 11.7. The van der Waals surface area contributed by atoms with Crippen LogP contribution in [-0.2, 0) is 4.74 Å². The summed E-state index contributed by atoms with van der Waals surface area (Å²) in [6.45, 7) is 4.02. The second-order valence-electron chi connectivity index (χ2n) is 5.98. The molecular formula is C18H29N3O2S. The van der Waals surface area contributed by atoms with E-state index in [1.807, 2.05) is 56.2 Å². The number of likely N-dealkylation sites (N-methyl/N-ethyl adjacent to an activating group) is 1. The molecule has 1 aliphatic heterocycles. The van der Waals surface area contributed by atoms with Crippen molar-refractivity contribution in [3.05, 3.63) is 30.3 Å². The van der Waals surface area contributed by atoms with Crippen LogP contribution in [-0.4, -0.2) is 68.9 Å². The maximum absolute atomic E-state index is 5.76. The monoisotopic (exact) mass is 351 g/mol. The van der Waals surface area contributed by atoms with Crippen molar-refractivity contribution in [2.24, 2.45) is 4.99 Å². The number of nitrogens with zero attached hydrogens (tertiary/aromatic N) is 2. The summed E-state index contributed by atoms with van der Waals surface area (Å²) in [7, 11) is 3.87. The molecule has 1 aliphatic rings. The van der Waals surface area contributed by atoms with Gasteiger partial charge in [-0.05, 0) is 31.2 Å². The Labute approximate surface area is 149 Å². The molecule has 0 aromatic heterocycles. The fourth-order valence-corrected chi connectivity index (χ4v) is 3.54. The molecule has 1 N–H and O–H groups in total. The van der Waals surface area contributed by atoms with E-state index in [0.717, 1.165) is 50.9 Å². The third kappa shape index (κ3) is 5.60. The topological polar surface area (TPSA) is 46.1 Å². The van der Waals surface area contributed by atoms with E-state index in [0.29, 0.717) is 6.61 Å². The molecule has 0 bridgehead atoms. The molecule has 0 saturated carbocycles. The molecule has 6 heteroatoms. The second-order valence-corrected chi connectivity index (χ2v) is 7.26. The number of hydrogen-bond acceptors (Lipinski definition) is 4. The van der Waals surface area contributed by atoms with Crippen molar-refractivity contribution in [1.29, 1.82) is 0 Å². The van der Waals surface area contributed by atoms with Gasteiger partial charge in [0.05, 0.1) is 6.54 Å². The molecule has 1 fully saturated rings. The molecule has 0 atom stereocenters. The highest BCUT2D eigenvalue weighted by Gasteiger charge is 2.32. The van der Waals surface area contributed by atoms with Crippen LogP contribution in [0.4, 0.5) is 0 Å². The molecule has 0 radical (unpaired) electrons. The number of ether oxygens (including phenoxy) is 2. The van der Waals surface area contributed by atoms with Gasteiger partial charge in [0.25, 0.3) is 0 Å². The Balaban J connectivity index is 1.77. The summed E-state index contributed by atoms with van der Waals surface area (Å²) in [4.78, 5) is 6.51. The van der Waals surface area contributed by atoms with E-state index in [1.165, 1.54) is 0 Å². The lowest BCUT2D eigenvalue weighted by Crippen LogP contribution is -2.48. The van der Waals surface area contributed by atoms with Gasteiger partial charge in [-0.2, -0.15) is 11.8 Å². The Morgan fingerprint density at radius 3 is 2.67 bits per heavy atom. The molecule has 1 saturated heterocycles. The van der Waals surface area contributed by atoms with Gasteiger partial charge in [0.15, 0.2) is 5.96 Å². The predicted octanol–water partition coefficient (Wildman–Crippen LogP) is 2.48. The number of para-hydroxylation sites is 1. The SMILES string of the molecule is CN=C(NCC1(SC)CCOCC1)N(C)CCOc1ccccc1. The van der Waals surface area contributed by atoms with Gasteiger partial charge in [0.2, 0.25) is 0 Å². The first kappa shape index (κ1) is 18.9. The van der Waals surface area contributed by atoms with Gasteiger partial charge in [-0.1, -0.05) is 18.2 Å². The lowest BCUT2D eigenvalue weighted by molar-refractivity contribution is 0.0781. The normalized spacial score (nSPS) is 17.4. The van der Waals surface area contributed by atoms with E-state index < -0.39 is 0 Å². The number of thioether (sulfide) groups is 1. The van der Waals surface area contributed by atoms with Gasteiger partial charge in [-0.15, -0.1) is 0 Å². The summed E-state index contributed by atoms with van der Waals surface area (Å²) in [5, 5.41) is 3.52. The number of benzene rings is 1. The summed E-state index contributed by atoms with van der Waals surface area (Å²) >= 11 is 1.93. The van der Waals surface area contributed by atoms with Crippen LogP contribution in [0.3, 0.4) is 0 Å². The highest BCUT2D eigenvalue weighted by molar-refractivity contribution is 8.00. The predicted molar refractivity (Wildman–Crippen MR) is 102 cm³/mol. The highest BCUT2D eigenvalue weighted by Crippen LogP contribution is 2.32. The first-order valence-corrected chi connectivity index (χ1v) is 9.64. The van der Waals surface area contributed by atoms with Gasteiger partial charge in [-0.25, -0.2) is 0 Å². The first-order valence-electron chi connectivity index (χ1n) is 8.42. The third-order valence-corrected chi connectivity index (χ3v) is 5.84. The number of rotatable bonds is 7. The molecule has 0 unspecified atom stereocenters. The Morgan fingerprint density at radius 2 is 2.04 bits per heavy atom. The zero-order valence-corrected chi connectivity index (χ0v) is 15.8. The lowest BCUT2D eigenvalue weighted by atomic mass is 9.99. The van der Waals surface area contributed by atoms with Gasteiger partial charge in [-0.3, -0.25) is 4.99 Å². The summed E-state index contributed by atoms with van der Waals surface area (Å²) in [6, 6.07) is 9.90. The maximum Gasteiger partial charge on any atom is 0.193 e. The van der Waals surface area contributed by atoms with Crippen molar-refractivity contribution in [2.45, 2.75) is 17.6 Å². The van der Waals surface area contributed by atoms with Crippen LogP contribution in [0.2, 0.25) is 0 Å². The van der Waals surface area contributed by atoms with Crippen molar-refractivity contribution in [3.63, 3.8) is 0 Å². The Morgan fingerprint density at radius 1 is 1.33 bits per heavy atom. The standard InChI is InChI=1S/C18H29N3O2S/c1-19-17(20-15-18(24-3)9-12-22-13-10-18)21(2)11-14-23-16-7-5-4-6-8-16/h4-8H,9-15H2,1-3H3,(H,19,20). The van der Waals surface area contributed by atoms with Crippen molar-refractivity contribution >= 4 is 17.7 Å². The molecule has 1 aromatic carbocycles. The van der Waals surface area contributed by atoms with Crippen LogP contribution in [0.15, 0.2) is 35.3 Å². The molecule has 2 rings (SSSR count). The van der Waals surface area contributed by atoms with Gasteiger partial charge in [0.1, 0.15) is 12.4 Å². The molecule has 1 heterocycles. The summed E-state index contributed by atoms with van der Waals surface area (Å²) in [5.74, 6) is 1.81. The van der Waals surface area contributed by atoms with Crippen LogP contribution in [0.5, 0.6) is 5.75 Å². The molecule has 0 amide bonds. The van der Waals surface area contributed by atoms with Crippen LogP contribution in [0.1, 0.15) is 12.8 Å². The molecule has 0 spiro atoms. The highest BCUT2D eigenvalue weighted by atomic mass is 32.2. The average Bonchev–Trinajstić information content (AvgIpc) is 2.64. The van der Waals surface area contributed by atoms with Crippen LogP contribution in [0, 0.1) is 0 Å². The largest absolute Gasteiger partial charge is 0.492 e. The summed E-state index contributed by atoms with van der Waals surface area (Å²) < 4.78 is 11.5. The summed E-state index contributed by atoms with van der Waals surface area (Å²) in [5.41, 5.74) is 0. The van der Waals surface area contributed by atoms with Crippen LogP contribution < -0.4 is 10.1 Å². The molecule has 0 aliphatic carbocycles. The number of aliphatic imine (C=N–C) groups is 1. The Bertz CT molecular complexity index is 504. The van der Waals surface area contributed by atoms with Crippen molar-refractivity contribution in [3.8, 4) is 5.75 Å². The minimum atomic E-state index is 0.246. The molecular weight excluding hydrogens is 322 g/mol. The van der Waals surface area contributed by atoms with Gasteiger partial charge in [0, 0.05) is 38.6 Å². The van der Waals surface area contributed by atoms with Gasteiger partial charge >= 0.3 is 0 Å². The smallest absolute Gasteiger partial charge is 0.193 e. The second kappa shape index (κ2) is 9.79. The van der Waals surface area contributed by atoms with E-state index in [1.54, 1.807) is 0 Å². The quantitative estimate of drug-likeness (QED) is 0.604. The lowest BCUT2D eigenvalue weighted by Gasteiger charge is -2.36. The van der Waals surface area contributed by atoms with Crippen LogP contribution in [0.25, 0.3) is 0 Å². The zero-order valence-electron chi connectivity index (χ0n) is 15.0. The Hall–Kier alpha value is -1.40. The fraction of sp³-hybridized carbons (Fsp3) is 0.611. The minimum absolute atomic E-state index is 0.246. The van der Waals surface area contributed by atoms with E-state index in [9.17, 15) is 0 Å². The van der Waals surface area contributed by atoms with E-state index in [-0.39, 0.29) is 4.75 Å².